The number of nitrogens with one attached hydrogen (secondary N) is 2. The van der Waals surface area contributed by atoms with Gasteiger partial charge in [-0.15, -0.1) is 0 Å². The minimum atomic E-state index is -0.720. The van der Waals surface area contributed by atoms with Crippen molar-refractivity contribution < 1.29 is 18.3 Å². The van der Waals surface area contributed by atoms with Crippen LogP contribution in [0.5, 0.6) is 5.75 Å². The summed E-state index contributed by atoms with van der Waals surface area (Å²) in [7, 11) is 1.52. The molecule has 5 nitrogen and oxygen atoms in total. The van der Waals surface area contributed by atoms with Crippen LogP contribution in [0.3, 0.4) is 0 Å². The molecular formula is C19H15F2N3O2. The van der Waals surface area contributed by atoms with Gasteiger partial charge in [0.05, 0.1) is 24.7 Å². The zero-order chi connectivity index (χ0) is 18.5. The monoisotopic (exact) mass is 355 g/mol. The number of methoxy groups -OCH3 is 1. The number of benzene rings is 2. The molecule has 0 aliphatic rings. The predicted octanol–water partition coefficient (Wildman–Crippen LogP) is 4.36. The molecular weight excluding hydrogens is 340 g/mol. The van der Waals surface area contributed by atoms with Gasteiger partial charge in [-0.05, 0) is 42.5 Å². The van der Waals surface area contributed by atoms with E-state index < -0.39 is 11.6 Å². The normalized spacial score (nSPS) is 10.3. The highest BCUT2D eigenvalue weighted by molar-refractivity contribution is 6.04. The van der Waals surface area contributed by atoms with Gasteiger partial charge in [-0.3, -0.25) is 4.79 Å². The van der Waals surface area contributed by atoms with Gasteiger partial charge in [0.15, 0.2) is 0 Å². The van der Waals surface area contributed by atoms with E-state index in [0.717, 1.165) is 12.1 Å². The van der Waals surface area contributed by atoms with Gasteiger partial charge < -0.3 is 15.4 Å². The minimum absolute atomic E-state index is 0.104. The maximum atomic E-state index is 13.6. The number of nitrogens with zero attached hydrogens (tertiary/aromatic N) is 1. The lowest BCUT2D eigenvalue weighted by Gasteiger charge is -2.09. The Morgan fingerprint density at radius 1 is 1.08 bits per heavy atom. The van der Waals surface area contributed by atoms with Crippen molar-refractivity contribution >= 4 is 23.1 Å². The largest absolute Gasteiger partial charge is 0.497 e. The second kappa shape index (κ2) is 7.60. The quantitative estimate of drug-likeness (QED) is 0.714. The molecule has 7 heteroatoms. The van der Waals surface area contributed by atoms with Gasteiger partial charge in [0, 0.05) is 11.6 Å². The molecule has 132 valence electrons. The number of aromatic nitrogens is 1. The average molecular weight is 355 g/mol. The van der Waals surface area contributed by atoms with Crippen molar-refractivity contribution in [2.75, 3.05) is 17.7 Å². The third kappa shape index (κ3) is 4.13. The number of anilines is 3. The van der Waals surface area contributed by atoms with Gasteiger partial charge in [0.25, 0.3) is 5.91 Å². The summed E-state index contributed by atoms with van der Waals surface area (Å²) in [6.07, 6.45) is 1.43. The fraction of sp³-hybridized carbons (Fsp3) is 0.0526. The summed E-state index contributed by atoms with van der Waals surface area (Å²) in [5.74, 6) is -0.749. The van der Waals surface area contributed by atoms with Crippen molar-refractivity contribution in [3.05, 3.63) is 78.0 Å². The van der Waals surface area contributed by atoms with Crippen LogP contribution < -0.4 is 15.4 Å². The van der Waals surface area contributed by atoms with Crippen LogP contribution in [0.15, 0.2) is 60.8 Å². The summed E-state index contributed by atoms with van der Waals surface area (Å²) in [5.41, 5.74) is 1.02. The molecule has 0 saturated heterocycles. The van der Waals surface area contributed by atoms with Gasteiger partial charge in [0.1, 0.15) is 23.2 Å². The second-order valence-electron chi connectivity index (χ2n) is 5.37. The fourth-order valence-corrected chi connectivity index (χ4v) is 2.24. The van der Waals surface area contributed by atoms with Crippen molar-refractivity contribution in [1.29, 1.82) is 0 Å². The van der Waals surface area contributed by atoms with Crippen LogP contribution in [0.1, 0.15) is 10.4 Å². The Hall–Kier alpha value is -3.48. The first kappa shape index (κ1) is 17.3. The smallest absolute Gasteiger partial charge is 0.255 e. The molecule has 26 heavy (non-hydrogen) atoms. The summed E-state index contributed by atoms with van der Waals surface area (Å²) in [4.78, 5) is 16.3. The molecule has 0 radical (unpaired) electrons. The van der Waals surface area contributed by atoms with E-state index in [0.29, 0.717) is 22.8 Å². The van der Waals surface area contributed by atoms with Gasteiger partial charge >= 0.3 is 0 Å². The lowest BCUT2D eigenvalue weighted by Crippen LogP contribution is -2.12. The summed E-state index contributed by atoms with van der Waals surface area (Å²) in [6.45, 7) is 0. The van der Waals surface area contributed by atoms with E-state index >= 15 is 0 Å². The Labute approximate surface area is 148 Å². The highest BCUT2D eigenvalue weighted by atomic mass is 19.1. The molecule has 0 aliphatic heterocycles. The van der Waals surface area contributed by atoms with E-state index in [4.69, 9.17) is 4.74 Å². The lowest BCUT2D eigenvalue weighted by atomic mass is 10.2. The molecule has 0 atom stereocenters. The van der Waals surface area contributed by atoms with Crippen molar-refractivity contribution in [1.82, 2.24) is 4.98 Å². The summed E-state index contributed by atoms with van der Waals surface area (Å²) in [6, 6.07) is 13.2. The van der Waals surface area contributed by atoms with Crippen molar-refractivity contribution in [3.8, 4) is 5.75 Å². The number of rotatable bonds is 5. The van der Waals surface area contributed by atoms with Crippen molar-refractivity contribution in [3.63, 3.8) is 0 Å². The van der Waals surface area contributed by atoms with Crippen LogP contribution in [0.4, 0.5) is 26.0 Å². The Bertz CT molecular complexity index is 930. The molecule has 1 amide bonds. The first-order valence-electron chi connectivity index (χ1n) is 7.69. The molecule has 0 unspecified atom stereocenters. The number of hydrogen-bond acceptors (Lipinski definition) is 4. The number of hydrogen-bond donors (Lipinski definition) is 2. The highest BCUT2D eigenvalue weighted by Crippen LogP contribution is 2.20. The average Bonchev–Trinajstić information content (AvgIpc) is 2.65. The van der Waals surface area contributed by atoms with Crippen LogP contribution in [-0.2, 0) is 0 Å². The first-order valence-corrected chi connectivity index (χ1v) is 7.69. The third-order valence-corrected chi connectivity index (χ3v) is 3.55. The highest BCUT2D eigenvalue weighted by Gasteiger charge is 2.08. The number of halogens is 2. The zero-order valence-corrected chi connectivity index (χ0v) is 13.8. The third-order valence-electron chi connectivity index (χ3n) is 3.55. The van der Waals surface area contributed by atoms with Gasteiger partial charge in [-0.1, -0.05) is 6.07 Å². The van der Waals surface area contributed by atoms with Crippen molar-refractivity contribution in [2.24, 2.45) is 0 Å². The summed E-state index contributed by atoms with van der Waals surface area (Å²) in [5, 5.41) is 5.46. The SMILES string of the molecule is COc1cccc(C(=O)Nc2ccc(Nc3ccc(F)cc3F)nc2)c1. The lowest BCUT2D eigenvalue weighted by molar-refractivity contribution is 0.102. The molecule has 0 fully saturated rings. The molecule has 0 aliphatic carbocycles. The van der Waals surface area contributed by atoms with E-state index in [1.165, 1.54) is 19.4 Å². The molecule has 0 bridgehead atoms. The zero-order valence-electron chi connectivity index (χ0n) is 13.8. The van der Waals surface area contributed by atoms with Crippen molar-refractivity contribution in [2.45, 2.75) is 0 Å². The molecule has 0 saturated carbocycles. The molecule has 0 spiro atoms. The number of carbonyl (C=O) groups is 1. The number of ether oxygens (including phenoxy) is 1. The van der Waals surface area contributed by atoms with E-state index in [-0.39, 0.29) is 11.6 Å². The first-order chi connectivity index (χ1) is 12.5. The van der Waals surface area contributed by atoms with Gasteiger partial charge in [0.2, 0.25) is 0 Å². The van der Waals surface area contributed by atoms with Crippen LogP contribution in [0, 0.1) is 11.6 Å². The number of amides is 1. The molecule has 3 aromatic rings. The van der Waals surface area contributed by atoms with E-state index in [2.05, 4.69) is 15.6 Å². The van der Waals surface area contributed by atoms with E-state index in [9.17, 15) is 13.6 Å². The fourth-order valence-electron chi connectivity index (χ4n) is 2.24. The molecule has 2 aromatic carbocycles. The predicted molar refractivity (Wildman–Crippen MR) is 94.8 cm³/mol. The molecule has 3 rings (SSSR count). The molecule has 1 heterocycles. The van der Waals surface area contributed by atoms with Crippen LogP contribution >= 0.6 is 0 Å². The maximum absolute atomic E-state index is 13.6. The maximum Gasteiger partial charge on any atom is 0.255 e. The Morgan fingerprint density at radius 3 is 2.62 bits per heavy atom. The van der Waals surface area contributed by atoms with Crippen LogP contribution in [0.25, 0.3) is 0 Å². The topological polar surface area (TPSA) is 63.2 Å². The standard InChI is InChI=1S/C19H15F2N3O2/c1-26-15-4-2-3-12(9-15)19(25)23-14-6-8-18(22-11-14)24-17-7-5-13(20)10-16(17)21/h2-11H,1H3,(H,22,24)(H,23,25). The van der Waals surface area contributed by atoms with E-state index in [1.54, 1.807) is 36.4 Å². The number of carbonyl (C=O) groups excluding carboxylic acids is 1. The van der Waals surface area contributed by atoms with Crippen LogP contribution in [0.2, 0.25) is 0 Å². The van der Waals surface area contributed by atoms with Crippen LogP contribution in [-0.4, -0.2) is 18.0 Å². The Kier molecular flexibility index (Phi) is 5.07. The molecule has 2 N–H and O–H groups in total. The Morgan fingerprint density at radius 2 is 1.92 bits per heavy atom. The number of pyridine rings is 1. The minimum Gasteiger partial charge on any atom is -0.497 e. The van der Waals surface area contributed by atoms with Gasteiger partial charge in [-0.25, -0.2) is 13.8 Å². The summed E-state index contributed by atoms with van der Waals surface area (Å²) < 4.78 is 31.6. The molecule has 1 aromatic heterocycles. The van der Waals surface area contributed by atoms with Gasteiger partial charge in [-0.2, -0.15) is 0 Å². The second-order valence-corrected chi connectivity index (χ2v) is 5.37. The summed E-state index contributed by atoms with van der Waals surface area (Å²) >= 11 is 0. The Balaban J connectivity index is 1.68. The van der Waals surface area contributed by atoms with E-state index in [1.807, 2.05) is 0 Å².